The van der Waals surface area contributed by atoms with Gasteiger partial charge in [-0.1, -0.05) is 19.4 Å². The monoisotopic (exact) mass is 137 g/mol. The molecule has 1 aromatic rings. The van der Waals surface area contributed by atoms with Crippen LogP contribution in [0, 0.1) is 0 Å². The number of nitrogens with one attached hydrogen (secondary N) is 1. The molecule has 10 heavy (non-hydrogen) atoms. The maximum Gasteiger partial charge on any atom is 0.147 e. The van der Waals surface area contributed by atoms with Gasteiger partial charge in [-0.15, -0.1) is 0 Å². The van der Waals surface area contributed by atoms with Gasteiger partial charge in [0.05, 0.1) is 0 Å². The lowest BCUT2D eigenvalue weighted by molar-refractivity contribution is 0.960. The summed E-state index contributed by atoms with van der Waals surface area (Å²) >= 11 is 0. The van der Waals surface area contributed by atoms with Crippen molar-refractivity contribution >= 4 is 6.08 Å². The molecule has 54 valence electrons. The van der Waals surface area contributed by atoms with Crippen molar-refractivity contribution in [3.8, 4) is 0 Å². The number of allylic oxidation sites excluding steroid dienone is 1. The van der Waals surface area contributed by atoms with E-state index in [0.29, 0.717) is 0 Å². The van der Waals surface area contributed by atoms with E-state index in [9.17, 15) is 0 Å². The Kier molecular flexibility index (Phi) is 2.67. The smallest absolute Gasteiger partial charge is 0.147 e. The summed E-state index contributed by atoms with van der Waals surface area (Å²) in [5.41, 5.74) is 0. The molecule has 0 aliphatic heterocycles. The van der Waals surface area contributed by atoms with Crippen LogP contribution in [0.15, 0.2) is 12.4 Å². The first kappa shape index (κ1) is 6.99. The Morgan fingerprint density at radius 2 is 2.60 bits per heavy atom. The Labute approximate surface area is 60.2 Å². The number of H-pyrrole nitrogens is 1. The first-order chi connectivity index (χ1) is 4.93. The van der Waals surface area contributed by atoms with Crippen LogP contribution in [0.25, 0.3) is 6.08 Å². The van der Waals surface area contributed by atoms with E-state index in [-0.39, 0.29) is 0 Å². The van der Waals surface area contributed by atoms with Gasteiger partial charge < -0.3 is 0 Å². The van der Waals surface area contributed by atoms with Gasteiger partial charge >= 0.3 is 0 Å². The van der Waals surface area contributed by atoms with Crippen LogP contribution in [-0.2, 0) is 0 Å². The summed E-state index contributed by atoms with van der Waals surface area (Å²) in [6.45, 7) is 2.14. The Morgan fingerprint density at radius 3 is 3.20 bits per heavy atom. The highest BCUT2D eigenvalue weighted by Gasteiger charge is 1.83. The fourth-order valence-corrected chi connectivity index (χ4v) is 0.657. The Balaban J connectivity index is 2.40. The molecule has 0 bridgehead atoms. The van der Waals surface area contributed by atoms with Gasteiger partial charge in [0, 0.05) is 0 Å². The van der Waals surface area contributed by atoms with E-state index in [4.69, 9.17) is 0 Å². The summed E-state index contributed by atoms with van der Waals surface area (Å²) in [5, 5.41) is 6.46. The SMILES string of the molecule is CCC/C=C/c1ncn[nH]1. The molecule has 0 amide bonds. The molecule has 0 spiro atoms. The maximum atomic E-state index is 3.93. The van der Waals surface area contributed by atoms with E-state index in [1.54, 1.807) is 0 Å². The molecule has 0 atom stereocenters. The van der Waals surface area contributed by atoms with E-state index in [1.807, 2.05) is 6.08 Å². The highest BCUT2D eigenvalue weighted by atomic mass is 15.2. The third-order valence-electron chi connectivity index (χ3n) is 1.16. The van der Waals surface area contributed by atoms with Crippen molar-refractivity contribution in [1.82, 2.24) is 15.2 Å². The van der Waals surface area contributed by atoms with Crippen LogP contribution in [-0.4, -0.2) is 15.2 Å². The third-order valence-corrected chi connectivity index (χ3v) is 1.16. The van der Waals surface area contributed by atoms with Crippen LogP contribution in [0.1, 0.15) is 25.6 Å². The summed E-state index contributed by atoms with van der Waals surface area (Å²) in [6, 6.07) is 0. The molecule has 0 saturated carbocycles. The first-order valence-corrected chi connectivity index (χ1v) is 3.45. The number of hydrogen-bond donors (Lipinski definition) is 1. The second kappa shape index (κ2) is 3.82. The van der Waals surface area contributed by atoms with Crippen molar-refractivity contribution in [1.29, 1.82) is 0 Å². The van der Waals surface area contributed by atoms with Gasteiger partial charge in [0.15, 0.2) is 0 Å². The normalized spacial score (nSPS) is 10.9. The number of hydrogen-bond acceptors (Lipinski definition) is 2. The number of aromatic nitrogens is 3. The van der Waals surface area contributed by atoms with Gasteiger partial charge in [-0.05, 0) is 12.5 Å². The summed E-state index contributed by atoms with van der Waals surface area (Å²) < 4.78 is 0. The molecule has 0 unspecified atom stereocenters. The van der Waals surface area contributed by atoms with Crippen LogP contribution >= 0.6 is 0 Å². The minimum atomic E-state index is 0.827. The van der Waals surface area contributed by atoms with Crippen LogP contribution in [0.3, 0.4) is 0 Å². The number of nitrogens with zero attached hydrogens (tertiary/aromatic N) is 2. The standard InChI is InChI=1S/C7H11N3/c1-2-3-4-5-7-8-6-9-10-7/h4-6H,2-3H2,1H3,(H,8,9,10)/b5-4+. The Bertz CT molecular complexity index is 189. The molecule has 0 saturated heterocycles. The zero-order valence-corrected chi connectivity index (χ0v) is 6.04. The lowest BCUT2D eigenvalue weighted by Gasteiger charge is -1.81. The Morgan fingerprint density at radius 1 is 1.70 bits per heavy atom. The molecule has 1 aromatic heterocycles. The van der Waals surface area contributed by atoms with E-state index < -0.39 is 0 Å². The Hall–Kier alpha value is -1.12. The second-order valence-electron chi connectivity index (χ2n) is 2.06. The second-order valence-corrected chi connectivity index (χ2v) is 2.06. The molecule has 3 heteroatoms. The summed E-state index contributed by atoms with van der Waals surface area (Å²) in [6.07, 6.45) is 7.80. The summed E-state index contributed by atoms with van der Waals surface area (Å²) in [5.74, 6) is 0.827. The molecule has 0 aromatic carbocycles. The highest BCUT2D eigenvalue weighted by Crippen LogP contribution is 1.94. The van der Waals surface area contributed by atoms with E-state index in [2.05, 4.69) is 28.2 Å². The van der Waals surface area contributed by atoms with Crippen LogP contribution in [0.5, 0.6) is 0 Å². The average molecular weight is 137 g/mol. The van der Waals surface area contributed by atoms with Crippen molar-refractivity contribution in [2.45, 2.75) is 19.8 Å². The molecule has 0 radical (unpaired) electrons. The molecular weight excluding hydrogens is 126 g/mol. The highest BCUT2D eigenvalue weighted by molar-refractivity contribution is 5.37. The zero-order valence-electron chi connectivity index (χ0n) is 6.04. The molecule has 1 heterocycles. The third kappa shape index (κ3) is 2.01. The molecule has 0 fully saturated rings. The minimum absolute atomic E-state index is 0.827. The van der Waals surface area contributed by atoms with Gasteiger partial charge in [0.1, 0.15) is 12.2 Å². The summed E-state index contributed by atoms with van der Waals surface area (Å²) in [7, 11) is 0. The van der Waals surface area contributed by atoms with Crippen molar-refractivity contribution in [3.63, 3.8) is 0 Å². The minimum Gasteiger partial charge on any atom is -0.260 e. The fraction of sp³-hybridized carbons (Fsp3) is 0.429. The lowest BCUT2D eigenvalue weighted by Crippen LogP contribution is -1.73. The van der Waals surface area contributed by atoms with E-state index in [0.717, 1.165) is 12.2 Å². The van der Waals surface area contributed by atoms with Crippen molar-refractivity contribution in [2.24, 2.45) is 0 Å². The quantitative estimate of drug-likeness (QED) is 0.687. The number of rotatable bonds is 3. The molecule has 1 N–H and O–H groups in total. The van der Waals surface area contributed by atoms with Crippen molar-refractivity contribution < 1.29 is 0 Å². The predicted octanol–water partition coefficient (Wildman–Crippen LogP) is 1.62. The van der Waals surface area contributed by atoms with Crippen molar-refractivity contribution in [2.75, 3.05) is 0 Å². The molecule has 0 aliphatic carbocycles. The van der Waals surface area contributed by atoms with Gasteiger partial charge in [0.2, 0.25) is 0 Å². The lowest BCUT2D eigenvalue weighted by atomic mass is 10.3. The first-order valence-electron chi connectivity index (χ1n) is 3.45. The topological polar surface area (TPSA) is 41.6 Å². The molecular formula is C7H11N3. The van der Waals surface area contributed by atoms with E-state index in [1.165, 1.54) is 12.7 Å². The maximum absolute atomic E-state index is 3.93. The van der Waals surface area contributed by atoms with Gasteiger partial charge in [0.25, 0.3) is 0 Å². The zero-order chi connectivity index (χ0) is 7.23. The van der Waals surface area contributed by atoms with E-state index >= 15 is 0 Å². The van der Waals surface area contributed by atoms with Crippen LogP contribution < -0.4 is 0 Å². The number of unbranched alkanes of at least 4 members (excludes halogenated alkanes) is 1. The van der Waals surface area contributed by atoms with Gasteiger partial charge in [-0.25, -0.2) is 4.98 Å². The molecule has 3 nitrogen and oxygen atoms in total. The van der Waals surface area contributed by atoms with Crippen LogP contribution in [0.2, 0.25) is 0 Å². The molecule has 1 rings (SSSR count). The van der Waals surface area contributed by atoms with Gasteiger partial charge in [-0.3, -0.25) is 5.10 Å². The summed E-state index contributed by atoms with van der Waals surface area (Å²) in [4.78, 5) is 3.93. The molecule has 0 aliphatic rings. The van der Waals surface area contributed by atoms with Crippen molar-refractivity contribution in [3.05, 3.63) is 18.2 Å². The van der Waals surface area contributed by atoms with Crippen LogP contribution in [0.4, 0.5) is 0 Å². The van der Waals surface area contributed by atoms with Gasteiger partial charge in [-0.2, -0.15) is 5.10 Å². The predicted molar refractivity (Wildman–Crippen MR) is 40.3 cm³/mol. The number of aromatic amines is 1. The average Bonchev–Trinajstić information content (AvgIpc) is 2.41. The largest absolute Gasteiger partial charge is 0.260 e. The fourth-order valence-electron chi connectivity index (χ4n) is 0.657.